The first kappa shape index (κ1) is 33.7. The zero-order valence-corrected chi connectivity index (χ0v) is 26.5. The van der Waals surface area contributed by atoms with Crippen LogP contribution in [0.15, 0.2) is 120 Å². The van der Waals surface area contributed by atoms with Gasteiger partial charge < -0.3 is 9.84 Å². The summed E-state index contributed by atoms with van der Waals surface area (Å²) < 4.78 is 73.3. The first-order chi connectivity index (χ1) is 22.4. The number of anilines is 1. The number of aryl methyl sites for hydroxylation is 2. The second-order valence-corrected chi connectivity index (χ2v) is 13.3. The summed E-state index contributed by atoms with van der Waals surface area (Å²) in [5.41, 5.74) is 0.969. The van der Waals surface area contributed by atoms with Crippen LogP contribution >= 0.6 is 0 Å². The fourth-order valence-electron chi connectivity index (χ4n) is 5.93. The van der Waals surface area contributed by atoms with E-state index >= 15 is 0 Å². The summed E-state index contributed by atoms with van der Waals surface area (Å²) in [6, 6.07) is 27.5. The molecule has 0 fully saturated rings. The number of cyclic esters (lactones) is 1. The van der Waals surface area contributed by atoms with E-state index in [-0.39, 0.29) is 23.4 Å². The molecule has 3 aromatic carbocycles. The Morgan fingerprint density at radius 3 is 2.04 bits per heavy atom. The summed E-state index contributed by atoms with van der Waals surface area (Å²) in [5.74, 6) is -1.30. The molecule has 5 rings (SSSR count). The van der Waals surface area contributed by atoms with Crippen molar-refractivity contribution in [2.24, 2.45) is 0 Å². The van der Waals surface area contributed by atoms with Gasteiger partial charge in [0.1, 0.15) is 11.4 Å². The summed E-state index contributed by atoms with van der Waals surface area (Å²) in [6.07, 6.45) is -1.34. The van der Waals surface area contributed by atoms with Crippen LogP contribution in [0.25, 0.3) is 0 Å². The SMILES string of the molecule is CC[C@@H](C1=C(O)CC(CCc2ccccc2)(CCc2ccccc2)OC1=O)c1cccc(NS(=O)(=O)c2ccc(C(F)(F)F)cn2)c1. The number of hydrogen-bond donors (Lipinski definition) is 2. The van der Waals surface area contributed by atoms with Crippen LogP contribution < -0.4 is 4.72 Å². The quantitative estimate of drug-likeness (QED) is 0.148. The Kier molecular flexibility index (Phi) is 10.0. The van der Waals surface area contributed by atoms with E-state index in [4.69, 9.17) is 4.74 Å². The van der Waals surface area contributed by atoms with Crippen molar-refractivity contribution in [1.29, 1.82) is 0 Å². The van der Waals surface area contributed by atoms with E-state index in [0.717, 1.165) is 17.2 Å². The molecule has 0 spiro atoms. The highest BCUT2D eigenvalue weighted by atomic mass is 32.2. The lowest BCUT2D eigenvalue weighted by Crippen LogP contribution is -2.42. The van der Waals surface area contributed by atoms with Gasteiger partial charge in [0.25, 0.3) is 10.0 Å². The van der Waals surface area contributed by atoms with Crippen LogP contribution in [0.1, 0.15) is 60.8 Å². The molecule has 0 aliphatic carbocycles. The largest absolute Gasteiger partial charge is 0.512 e. The smallest absolute Gasteiger partial charge is 0.417 e. The van der Waals surface area contributed by atoms with Gasteiger partial charge in [-0.05, 0) is 73.1 Å². The molecular weight excluding hydrogens is 629 g/mol. The van der Waals surface area contributed by atoms with Crippen LogP contribution in [-0.2, 0) is 38.6 Å². The Labute approximate surface area is 272 Å². The third-order valence-corrected chi connectivity index (χ3v) is 9.69. The molecule has 2 heterocycles. The molecule has 1 aliphatic rings. The number of esters is 1. The van der Waals surface area contributed by atoms with Crippen molar-refractivity contribution in [1.82, 2.24) is 4.98 Å². The second-order valence-electron chi connectivity index (χ2n) is 11.7. The second kappa shape index (κ2) is 14.0. The summed E-state index contributed by atoms with van der Waals surface area (Å²) in [6.45, 7) is 1.84. The van der Waals surface area contributed by atoms with Gasteiger partial charge in [-0.1, -0.05) is 79.7 Å². The Morgan fingerprint density at radius 2 is 1.53 bits per heavy atom. The summed E-state index contributed by atoms with van der Waals surface area (Å²) in [4.78, 5) is 17.3. The summed E-state index contributed by atoms with van der Waals surface area (Å²) >= 11 is 0. The molecule has 0 unspecified atom stereocenters. The van der Waals surface area contributed by atoms with E-state index in [0.29, 0.717) is 49.9 Å². The van der Waals surface area contributed by atoms with E-state index in [1.54, 1.807) is 12.1 Å². The lowest BCUT2D eigenvalue weighted by Gasteiger charge is -2.39. The fourth-order valence-corrected chi connectivity index (χ4v) is 6.91. The topological polar surface area (TPSA) is 106 Å². The van der Waals surface area contributed by atoms with Crippen molar-refractivity contribution < 1.29 is 36.2 Å². The third-order valence-electron chi connectivity index (χ3n) is 8.39. The van der Waals surface area contributed by atoms with Crippen molar-refractivity contribution in [2.75, 3.05) is 4.72 Å². The molecule has 246 valence electrons. The van der Waals surface area contributed by atoms with Crippen molar-refractivity contribution in [3.63, 3.8) is 0 Å². The van der Waals surface area contributed by atoms with E-state index in [1.165, 1.54) is 12.1 Å². The van der Waals surface area contributed by atoms with Crippen LogP contribution in [0.2, 0.25) is 0 Å². The molecule has 0 saturated heterocycles. The number of pyridine rings is 1. The van der Waals surface area contributed by atoms with Gasteiger partial charge in [-0.3, -0.25) is 4.72 Å². The molecule has 7 nitrogen and oxygen atoms in total. The molecule has 0 saturated carbocycles. The first-order valence-electron chi connectivity index (χ1n) is 15.3. The Hall–Kier alpha value is -4.64. The van der Waals surface area contributed by atoms with E-state index in [2.05, 4.69) is 9.71 Å². The zero-order valence-electron chi connectivity index (χ0n) is 25.7. The van der Waals surface area contributed by atoms with E-state index < -0.39 is 44.3 Å². The highest BCUT2D eigenvalue weighted by molar-refractivity contribution is 7.92. The highest BCUT2D eigenvalue weighted by Gasteiger charge is 2.43. The summed E-state index contributed by atoms with van der Waals surface area (Å²) in [7, 11) is -4.33. The van der Waals surface area contributed by atoms with Crippen LogP contribution in [0.5, 0.6) is 0 Å². The summed E-state index contributed by atoms with van der Waals surface area (Å²) in [5, 5.41) is 10.9. The van der Waals surface area contributed by atoms with Gasteiger partial charge in [-0.2, -0.15) is 21.6 Å². The molecule has 2 N–H and O–H groups in total. The highest BCUT2D eigenvalue weighted by Crippen LogP contribution is 2.42. The number of aliphatic hydroxyl groups excluding tert-OH is 1. The van der Waals surface area contributed by atoms with Gasteiger partial charge in [-0.15, -0.1) is 0 Å². The maximum Gasteiger partial charge on any atom is 0.417 e. The van der Waals surface area contributed by atoms with Crippen molar-refractivity contribution >= 4 is 21.7 Å². The number of nitrogens with zero attached hydrogens (tertiary/aromatic N) is 1. The molecule has 1 aliphatic heterocycles. The minimum Gasteiger partial charge on any atom is -0.512 e. The van der Waals surface area contributed by atoms with Crippen LogP contribution in [0.3, 0.4) is 0 Å². The van der Waals surface area contributed by atoms with E-state index in [1.807, 2.05) is 67.6 Å². The Bertz CT molecular complexity index is 1780. The molecule has 47 heavy (non-hydrogen) atoms. The number of rotatable bonds is 12. The number of halogens is 3. The standard InChI is InChI=1S/C36H35F3N2O5S/c1-2-30(27-14-9-15-29(22-27)41-47(44,45)32-17-16-28(24-40-32)36(37,38)39)33-31(42)23-35(46-34(33)43,20-18-25-10-5-3-6-11-25)21-19-26-12-7-4-8-13-26/h3-17,22,24,30,41-42H,2,18-21,23H2,1H3/t30-/m1/s1. The molecular formula is C36H35F3N2O5S. The van der Waals surface area contributed by atoms with Crippen molar-refractivity contribution in [3.8, 4) is 0 Å². The Balaban J connectivity index is 1.39. The molecule has 0 bridgehead atoms. The van der Waals surface area contributed by atoms with Gasteiger partial charge in [0, 0.05) is 24.2 Å². The number of carbonyl (C=O) groups is 1. The number of nitrogens with one attached hydrogen (secondary N) is 1. The molecule has 11 heteroatoms. The predicted molar refractivity (Wildman–Crippen MR) is 172 cm³/mol. The van der Waals surface area contributed by atoms with Gasteiger partial charge in [0.15, 0.2) is 5.03 Å². The van der Waals surface area contributed by atoms with E-state index in [9.17, 15) is 31.5 Å². The average molecular weight is 665 g/mol. The minimum atomic E-state index is -4.66. The maximum absolute atomic E-state index is 13.8. The Morgan fingerprint density at radius 1 is 0.915 bits per heavy atom. The van der Waals surface area contributed by atoms with Crippen LogP contribution in [-0.4, -0.2) is 30.1 Å². The van der Waals surface area contributed by atoms with Crippen molar-refractivity contribution in [3.05, 3.63) is 137 Å². The zero-order chi connectivity index (χ0) is 33.7. The predicted octanol–water partition coefficient (Wildman–Crippen LogP) is 8.16. The fraction of sp³-hybridized carbons (Fsp3) is 0.278. The third kappa shape index (κ3) is 8.21. The number of alkyl halides is 3. The molecule has 1 aromatic heterocycles. The number of sulfonamides is 1. The molecule has 0 radical (unpaired) electrons. The van der Waals surface area contributed by atoms with Gasteiger partial charge in [0.2, 0.25) is 0 Å². The lowest BCUT2D eigenvalue weighted by molar-refractivity contribution is -0.161. The number of ether oxygens (including phenoxy) is 1. The first-order valence-corrected chi connectivity index (χ1v) is 16.8. The van der Waals surface area contributed by atoms with Gasteiger partial charge >= 0.3 is 12.1 Å². The molecule has 1 atom stereocenters. The average Bonchev–Trinajstić information content (AvgIpc) is 3.05. The van der Waals surface area contributed by atoms with Crippen LogP contribution in [0.4, 0.5) is 18.9 Å². The van der Waals surface area contributed by atoms with Crippen LogP contribution in [0, 0.1) is 0 Å². The van der Waals surface area contributed by atoms with Gasteiger partial charge in [-0.25, -0.2) is 9.78 Å². The number of hydrogen-bond acceptors (Lipinski definition) is 6. The minimum absolute atomic E-state index is 0.0610. The monoisotopic (exact) mass is 664 g/mol. The normalized spacial score (nSPS) is 15.6. The lowest BCUT2D eigenvalue weighted by atomic mass is 9.79. The maximum atomic E-state index is 13.8. The number of aliphatic hydroxyl groups is 1. The molecule has 0 amide bonds. The van der Waals surface area contributed by atoms with Crippen molar-refractivity contribution in [2.45, 2.75) is 68.2 Å². The van der Waals surface area contributed by atoms with Gasteiger partial charge in [0.05, 0.1) is 11.1 Å². The number of aromatic nitrogens is 1. The molecule has 4 aromatic rings. The number of benzene rings is 3. The number of carbonyl (C=O) groups excluding carboxylic acids is 1.